The number of amides is 1. The van der Waals surface area contributed by atoms with Crippen molar-refractivity contribution < 1.29 is 9.53 Å². The largest absolute Gasteiger partial charge is 0.377 e. The minimum absolute atomic E-state index is 0.0943. The number of hydrogen-bond donors (Lipinski definition) is 1. The zero-order chi connectivity index (χ0) is 16.5. The monoisotopic (exact) mass is 322 g/mol. The van der Waals surface area contributed by atoms with Crippen LogP contribution in [0.1, 0.15) is 28.0 Å². The number of carbonyl (C=O) groups is 1. The Morgan fingerprint density at radius 1 is 1.29 bits per heavy atom. The van der Waals surface area contributed by atoms with E-state index in [1.54, 1.807) is 17.2 Å². The standard InChI is InChI=1S/C18H18N4O2/c1-12-10-19-17(20-12)16-11-24-9-8-22(16)18(23)15-7-6-13-4-2-3-5-14(13)21-15/h2-7,10,16H,8-9,11H2,1H3,(H,19,20)/t16-/m0/s1. The van der Waals surface area contributed by atoms with Crippen molar-refractivity contribution in [3.05, 3.63) is 59.8 Å². The van der Waals surface area contributed by atoms with E-state index in [-0.39, 0.29) is 11.9 Å². The Morgan fingerprint density at radius 3 is 3.00 bits per heavy atom. The molecule has 6 nitrogen and oxygen atoms in total. The fraction of sp³-hybridized carbons (Fsp3) is 0.278. The lowest BCUT2D eigenvalue weighted by Crippen LogP contribution is -2.44. The van der Waals surface area contributed by atoms with Crippen molar-refractivity contribution in [3.8, 4) is 0 Å². The van der Waals surface area contributed by atoms with Crippen LogP contribution in [0.2, 0.25) is 0 Å². The van der Waals surface area contributed by atoms with Crippen LogP contribution in [0.3, 0.4) is 0 Å². The van der Waals surface area contributed by atoms with Crippen molar-refractivity contribution in [1.82, 2.24) is 19.9 Å². The van der Waals surface area contributed by atoms with Gasteiger partial charge in [-0.25, -0.2) is 9.97 Å². The quantitative estimate of drug-likeness (QED) is 0.787. The Kier molecular flexibility index (Phi) is 3.74. The highest BCUT2D eigenvalue weighted by molar-refractivity contribution is 5.95. The average Bonchev–Trinajstić information content (AvgIpc) is 3.07. The number of para-hydroxylation sites is 1. The van der Waals surface area contributed by atoms with Crippen molar-refractivity contribution in [2.75, 3.05) is 19.8 Å². The van der Waals surface area contributed by atoms with Crippen molar-refractivity contribution in [2.24, 2.45) is 0 Å². The molecule has 3 heterocycles. The lowest BCUT2D eigenvalue weighted by atomic mass is 10.1. The highest BCUT2D eigenvalue weighted by atomic mass is 16.5. The van der Waals surface area contributed by atoms with Crippen LogP contribution < -0.4 is 0 Å². The van der Waals surface area contributed by atoms with Crippen LogP contribution in [0.5, 0.6) is 0 Å². The number of hydrogen-bond acceptors (Lipinski definition) is 4. The second-order valence-electron chi connectivity index (χ2n) is 5.93. The smallest absolute Gasteiger partial charge is 0.273 e. The van der Waals surface area contributed by atoms with Gasteiger partial charge in [0.1, 0.15) is 17.6 Å². The topological polar surface area (TPSA) is 71.1 Å². The summed E-state index contributed by atoms with van der Waals surface area (Å²) < 4.78 is 5.56. The average molecular weight is 322 g/mol. The molecule has 0 saturated carbocycles. The van der Waals surface area contributed by atoms with Gasteiger partial charge in [-0.05, 0) is 19.1 Å². The molecule has 0 bridgehead atoms. The van der Waals surface area contributed by atoms with E-state index >= 15 is 0 Å². The third-order valence-corrected chi connectivity index (χ3v) is 4.25. The molecule has 3 aromatic rings. The van der Waals surface area contributed by atoms with E-state index in [1.165, 1.54) is 0 Å². The minimum atomic E-state index is -0.215. The van der Waals surface area contributed by atoms with Gasteiger partial charge in [0.05, 0.1) is 18.7 Å². The van der Waals surface area contributed by atoms with Gasteiger partial charge in [0.25, 0.3) is 5.91 Å². The number of nitrogens with one attached hydrogen (secondary N) is 1. The first-order valence-corrected chi connectivity index (χ1v) is 7.98. The molecule has 6 heteroatoms. The van der Waals surface area contributed by atoms with Gasteiger partial charge in [0.2, 0.25) is 0 Å². The Morgan fingerprint density at radius 2 is 2.17 bits per heavy atom. The van der Waals surface area contributed by atoms with E-state index in [4.69, 9.17) is 4.74 Å². The van der Waals surface area contributed by atoms with E-state index in [2.05, 4.69) is 15.0 Å². The third kappa shape index (κ3) is 2.65. The number of aromatic amines is 1. The lowest BCUT2D eigenvalue weighted by Gasteiger charge is -2.34. The molecule has 1 fully saturated rings. The summed E-state index contributed by atoms with van der Waals surface area (Å²) in [5.74, 6) is 0.657. The Labute approximate surface area is 139 Å². The summed E-state index contributed by atoms with van der Waals surface area (Å²) in [5.41, 5.74) is 2.23. The molecular weight excluding hydrogens is 304 g/mol. The molecule has 24 heavy (non-hydrogen) atoms. The lowest BCUT2D eigenvalue weighted by molar-refractivity contribution is -0.00529. The van der Waals surface area contributed by atoms with E-state index in [0.717, 1.165) is 22.4 Å². The zero-order valence-electron chi connectivity index (χ0n) is 13.4. The summed E-state index contributed by atoms with van der Waals surface area (Å²) in [7, 11) is 0. The van der Waals surface area contributed by atoms with Crippen LogP contribution in [0.25, 0.3) is 10.9 Å². The first-order valence-electron chi connectivity index (χ1n) is 7.98. The van der Waals surface area contributed by atoms with E-state index in [1.807, 2.05) is 37.3 Å². The molecule has 1 amide bonds. The molecule has 1 aliphatic rings. The third-order valence-electron chi connectivity index (χ3n) is 4.25. The maximum atomic E-state index is 13.0. The number of rotatable bonds is 2. The van der Waals surface area contributed by atoms with Crippen LogP contribution in [-0.2, 0) is 4.74 Å². The summed E-state index contributed by atoms with van der Waals surface area (Å²) in [5, 5.41) is 1.02. The van der Waals surface area contributed by atoms with E-state index in [0.29, 0.717) is 25.5 Å². The second kappa shape index (κ2) is 6.05. The molecule has 122 valence electrons. The Bertz CT molecular complexity index is 889. The van der Waals surface area contributed by atoms with Gasteiger partial charge in [-0.2, -0.15) is 0 Å². The molecule has 0 spiro atoms. The minimum Gasteiger partial charge on any atom is -0.377 e. The zero-order valence-corrected chi connectivity index (χ0v) is 13.4. The fourth-order valence-corrected chi connectivity index (χ4v) is 3.01. The first-order chi connectivity index (χ1) is 11.7. The molecule has 1 aromatic carbocycles. The van der Waals surface area contributed by atoms with Gasteiger partial charge in [-0.3, -0.25) is 4.79 Å². The molecule has 1 saturated heterocycles. The molecule has 0 radical (unpaired) electrons. The highest BCUT2D eigenvalue weighted by Gasteiger charge is 2.31. The van der Waals surface area contributed by atoms with Crippen LogP contribution >= 0.6 is 0 Å². The highest BCUT2D eigenvalue weighted by Crippen LogP contribution is 2.24. The molecule has 2 aromatic heterocycles. The number of fused-ring (bicyclic) bond motifs is 1. The normalized spacial score (nSPS) is 18.0. The van der Waals surface area contributed by atoms with Crippen LogP contribution in [0.15, 0.2) is 42.6 Å². The fourth-order valence-electron chi connectivity index (χ4n) is 3.01. The van der Waals surface area contributed by atoms with Gasteiger partial charge in [-0.1, -0.05) is 24.3 Å². The number of aromatic nitrogens is 3. The number of imidazole rings is 1. The van der Waals surface area contributed by atoms with E-state index in [9.17, 15) is 4.79 Å². The van der Waals surface area contributed by atoms with Crippen LogP contribution in [-0.4, -0.2) is 45.5 Å². The number of carbonyl (C=O) groups excluding carboxylic acids is 1. The number of morpholine rings is 1. The summed E-state index contributed by atoms with van der Waals surface area (Å²) in [6, 6.07) is 11.3. The van der Waals surface area contributed by atoms with Crippen molar-refractivity contribution in [2.45, 2.75) is 13.0 Å². The van der Waals surface area contributed by atoms with Gasteiger partial charge in [0, 0.05) is 23.8 Å². The van der Waals surface area contributed by atoms with Crippen LogP contribution in [0, 0.1) is 6.92 Å². The molecule has 1 atom stereocenters. The number of pyridine rings is 1. The number of ether oxygens (including phenoxy) is 1. The van der Waals surface area contributed by atoms with Crippen LogP contribution in [0.4, 0.5) is 0 Å². The molecule has 4 rings (SSSR count). The Hall–Kier alpha value is -2.73. The van der Waals surface area contributed by atoms with Gasteiger partial charge < -0.3 is 14.6 Å². The maximum absolute atomic E-state index is 13.0. The van der Waals surface area contributed by atoms with Gasteiger partial charge in [0.15, 0.2) is 0 Å². The summed E-state index contributed by atoms with van der Waals surface area (Å²) in [4.78, 5) is 26.9. The van der Waals surface area contributed by atoms with Gasteiger partial charge >= 0.3 is 0 Å². The predicted octanol–water partition coefficient (Wildman–Crippen LogP) is 2.48. The summed E-state index contributed by atoms with van der Waals surface area (Å²) in [6.07, 6.45) is 1.76. The maximum Gasteiger partial charge on any atom is 0.273 e. The number of H-pyrrole nitrogens is 1. The second-order valence-corrected chi connectivity index (χ2v) is 5.93. The molecule has 1 N–H and O–H groups in total. The predicted molar refractivity (Wildman–Crippen MR) is 89.7 cm³/mol. The molecule has 0 unspecified atom stereocenters. The van der Waals surface area contributed by atoms with Crippen molar-refractivity contribution in [3.63, 3.8) is 0 Å². The SMILES string of the molecule is Cc1cnc([C@@H]2COCCN2C(=O)c2ccc3ccccc3n2)[nH]1. The number of benzene rings is 1. The Balaban J connectivity index is 1.67. The number of aryl methyl sites for hydroxylation is 1. The molecule has 0 aliphatic carbocycles. The summed E-state index contributed by atoms with van der Waals surface area (Å²) >= 11 is 0. The van der Waals surface area contributed by atoms with Crippen molar-refractivity contribution in [1.29, 1.82) is 0 Å². The van der Waals surface area contributed by atoms with Gasteiger partial charge in [-0.15, -0.1) is 0 Å². The number of nitrogens with zero attached hydrogens (tertiary/aromatic N) is 3. The van der Waals surface area contributed by atoms with E-state index < -0.39 is 0 Å². The molecular formula is C18H18N4O2. The molecule has 1 aliphatic heterocycles. The van der Waals surface area contributed by atoms with Crippen molar-refractivity contribution >= 4 is 16.8 Å². The summed E-state index contributed by atoms with van der Waals surface area (Å²) in [6.45, 7) is 3.43. The first kappa shape index (κ1) is 14.8.